The van der Waals surface area contributed by atoms with Crippen LogP contribution in [-0.2, 0) is 10.0 Å². The number of rotatable bonds is 3. The Kier molecular flexibility index (Phi) is 5.66. The smallest absolute Gasteiger partial charge is 0.242 e. The number of piperidine rings is 1. The molecule has 1 aromatic heterocycles. The lowest BCUT2D eigenvalue weighted by molar-refractivity contribution is 0.361. The summed E-state index contributed by atoms with van der Waals surface area (Å²) in [5, 5.41) is 3.24. The Hall–Kier alpha value is -0.760. The first-order valence-corrected chi connectivity index (χ1v) is 7.32. The number of halogens is 2. The SMILES string of the molecule is CC1CC(NS(=O)(=O)c2cncc(F)c2)CCN1.Cl. The monoisotopic (exact) mass is 309 g/mol. The molecule has 2 atom stereocenters. The zero-order valence-corrected chi connectivity index (χ0v) is 12.1. The molecule has 0 bridgehead atoms. The Morgan fingerprint density at radius 3 is 2.84 bits per heavy atom. The average Bonchev–Trinajstić information content (AvgIpc) is 2.28. The van der Waals surface area contributed by atoms with Gasteiger partial charge in [-0.15, -0.1) is 12.4 Å². The summed E-state index contributed by atoms with van der Waals surface area (Å²) < 4.78 is 39.6. The molecule has 19 heavy (non-hydrogen) atoms. The van der Waals surface area contributed by atoms with E-state index in [0.29, 0.717) is 0 Å². The summed E-state index contributed by atoms with van der Waals surface area (Å²) >= 11 is 0. The van der Waals surface area contributed by atoms with Crippen molar-refractivity contribution in [2.45, 2.75) is 36.7 Å². The molecule has 0 spiro atoms. The van der Waals surface area contributed by atoms with Crippen LogP contribution >= 0.6 is 12.4 Å². The highest BCUT2D eigenvalue weighted by atomic mass is 35.5. The van der Waals surface area contributed by atoms with Gasteiger partial charge in [0.2, 0.25) is 10.0 Å². The molecule has 8 heteroatoms. The van der Waals surface area contributed by atoms with E-state index in [4.69, 9.17) is 0 Å². The normalized spacial score (nSPS) is 23.7. The van der Waals surface area contributed by atoms with Crippen LogP contribution in [0.15, 0.2) is 23.4 Å². The van der Waals surface area contributed by atoms with Crippen molar-refractivity contribution in [1.82, 2.24) is 15.0 Å². The molecule has 1 aromatic rings. The Balaban J connectivity index is 0.00000180. The third-order valence-electron chi connectivity index (χ3n) is 2.94. The topological polar surface area (TPSA) is 71.1 Å². The van der Waals surface area contributed by atoms with Gasteiger partial charge in [-0.1, -0.05) is 0 Å². The highest BCUT2D eigenvalue weighted by Crippen LogP contribution is 2.14. The minimum absolute atomic E-state index is 0. The largest absolute Gasteiger partial charge is 0.314 e. The van der Waals surface area contributed by atoms with Crippen LogP contribution in [0.25, 0.3) is 0 Å². The summed E-state index contributed by atoms with van der Waals surface area (Å²) in [7, 11) is -3.69. The molecular formula is C11H17ClFN3O2S. The number of sulfonamides is 1. The van der Waals surface area contributed by atoms with E-state index in [2.05, 4.69) is 15.0 Å². The van der Waals surface area contributed by atoms with Crippen LogP contribution in [-0.4, -0.2) is 32.0 Å². The molecule has 0 aliphatic carbocycles. The average molecular weight is 310 g/mol. The molecule has 1 fully saturated rings. The van der Waals surface area contributed by atoms with Gasteiger partial charge < -0.3 is 5.32 Å². The highest BCUT2D eigenvalue weighted by molar-refractivity contribution is 7.89. The molecule has 5 nitrogen and oxygen atoms in total. The van der Waals surface area contributed by atoms with E-state index in [-0.39, 0.29) is 29.4 Å². The van der Waals surface area contributed by atoms with Crippen LogP contribution in [0.2, 0.25) is 0 Å². The molecule has 2 N–H and O–H groups in total. The van der Waals surface area contributed by atoms with Gasteiger partial charge in [0, 0.05) is 18.3 Å². The maximum Gasteiger partial charge on any atom is 0.242 e. The third-order valence-corrected chi connectivity index (χ3v) is 4.42. The molecule has 2 rings (SSSR count). The minimum atomic E-state index is -3.69. The summed E-state index contributed by atoms with van der Waals surface area (Å²) in [5.41, 5.74) is 0. The van der Waals surface area contributed by atoms with Crippen molar-refractivity contribution < 1.29 is 12.8 Å². The Labute approximate surface area is 118 Å². The first-order valence-electron chi connectivity index (χ1n) is 5.83. The van der Waals surface area contributed by atoms with E-state index in [1.165, 1.54) is 0 Å². The van der Waals surface area contributed by atoms with Crippen LogP contribution in [0.5, 0.6) is 0 Å². The molecule has 1 aliphatic rings. The minimum Gasteiger partial charge on any atom is -0.314 e. The molecule has 0 radical (unpaired) electrons. The second-order valence-corrected chi connectivity index (χ2v) is 6.25. The highest BCUT2D eigenvalue weighted by Gasteiger charge is 2.24. The van der Waals surface area contributed by atoms with E-state index >= 15 is 0 Å². The Morgan fingerprint density at radius 2 is 2.21 bits per heavy atom. The van der Waals surface area contributed by atoms with E-state index in [9.17, 15) is 12.8 Å². The zero-order valence-electron chi connectivity index (χ0n) is 10.5. The Morgan fingerprint density at radius 1 is 1.47 bits per heavy atom. The lowest BCUT2D eigenvalue weighted by atomic mass is 10.0. The lowest BCUT2D eigenvalue weighted by Crippen LogP contribution is -2.46. The van der Waals surface area contributed by atoms with E-state index < -0.39 is 15.8 Å². The molecule has 0 saturated carbocycles. The number of pyridine rings is 1. The summed E-state index contributed by atoms with van der Waals surface area (Å²) in [6.45, 7) is 2.78. The van der Waals surface area contributed by atoms with Crippen LogP contribution in [0.4, 0.5) is 4.39 Å². The fourth-order valence-electron chi connectivity index (χ4n) is 2.07. The zero-order chi connectivity index (χ0) is 13.2. The first kappa shape index (κ1) is 16.3. The standard InChI is InChI=1S/C11H16FN3O2S.ClH/c1-8-4-10(2-3-14-8)15-18(16,17)11-5-9(12)6-13-7-11;/h5-8,10,14-15H,2-4H2,1H3;1H. The number of nitrogens with one attached hydrogen (secondary N) is 2. The van der Waals surface area contributed by atoms with Gasteiger partial charge in [-0.2, -0.15) is 0 Å². The van der Waals surface area contributed by atoms with Gasteiger partial charge in [-0.3, -0.25) is 4.98 Å². The molecule has 2 unspecified atom stereocenters. The number of hydrogen-bond acceptors (Lipinski definition) is 4. The maximum atomic E-state index is 13.0. The van der Waals surface area contributed by atoms with Gasteiger partial charge in [0.25, 0.3) is 0 Å². The van der Waals surface area contributed by atoms with E-state index in [0.717, 1.165) is 37.8 Å². The van der Waals surface area contributed by atoms with Crippen molar-refractivity contribution in [2.75, 3.05) is 6.54 Å². The fourth-order valence-corrected chi connectivity index (χ4v) is 3.32. The van der Waals surface area contributed by atoms with Gasteiger partial charge in [-0.25, -0.2) is 17.5 Å². The van der Waals surface area contributed by atoms with Crippen LogP contribution in [0.3, 0.4) is 0 Å². The quantitative estimate of drug-likeness (QED) is 0.876. The van der Waals surface area contributed by atoms with E-state index in [1.54, 1.807) is 0 Å². The predicted molar refractivity (Wildman–Crippen MR) is 72.3 cm³/mol. The second kappa shape index (κ2) is 6.60. The Bertz CT molecular complexity index is 526. The van der Waals surface area contributed by atoms with Gasteiger partial charge in [-0.05, 0) is 32.4 Å². The van der Waals surface area contributed by atoms with Gasteiger partial charge in [0.05, 0.1) is 6.20 Å². The molecule has 108 valence electrons. The summed E-state index contributed by atoms with van der Waals surface area (Å²) in [6.07, 6.45) is 3.58. The van der Waals surface area contributed by atoms with Gasteiger partial charge in [0.15, 0.2) is 0 Å². The van der Waals surface area contributed by atoms with Crippen molar-refractivity contribution in [3.05, 3.63) is 24.3 Å². The molecular weight excluding hydrogens is 293 g/mol. The molecule has 0 amide bonds. The van der Waals surface area contributed by atoms with E-state index in [1.807, 2.05) is 6.92 Å². The molecule has 0 aromatic carbocycles. The van der Waals surface area contributed by atoms with Crippen LogP contribution in [0.1, 0.15) is 19.8 Å². The lowest BCUT2D eigenvalue weighted by Gasteiger charge is -2.28. The van der Waals surface area contributed by atoms with Crippen molar-refractivity contribution in [3.8, 4) is 0 Å². The third kappa shape index (κ3) is 4.38. The van der Waals surface area contributed by atoms with Gasteiger partial charge in [0.1, 0.15) is 10.7 Å². The van der Waals surface area contributed by atoms with Gasteiger partial charge >= 0.3 is 0 Å². The second-order valence-electron chi connectivity index (χ2n) is 4.54. The van der Waals surface area contributed by atoms with Crippen molar-refractivity contribution in [1.29, 1.82) is 0 Å². The van der Waals surface area contributed by atoms with Crippen molar-refractivity contribution >= 4 is 22.4 Å². The summed E-state index contributed by atoms with van der Waals surface area (Å²) in [5.74, 6) is -0.656. The maximum absolute atomic E-state index is 13.0. The van der Waals surface area contributed by atoms with Crippen molar-refractivity contribution in [3.63, 3.8) is 0 Å². The summed E-state index contributed by atoms with van der Waals surface area (Å²) in [4.78, 5) is 3.42. The van der Waals surface area contributed by atoms with Crippen LogP contribution < -0.4 is 10.0 Å². The van der Waals surface area contributed by atoms with Crippen molar-refractivity contribution in [2.24, 2.45) is 0 Å². The fraction of sp³-hybridized carbons (Fsp3) is 0.545. The van der Waals surface area contributed by atoms with Crippen LogP contribution in [0, 0.1) is 5.82 Å². The number of hydrogen-bond donors (Lipinski definition) is 2. The molecule has 1 aliphatic heterocycles. The molecule has 1 saturated heterocycles. The summed E-state index contributed by atoms with van der Waals surface area (Å²) in [6, 6.07) is 1.13. The number of aromatic nitrogens is 1. The molecule has 2 heterocycles. The first-order chi connectivity index (χ1) is 8.47. The number of nitrogens with zero attached hydrogens (tertiary/aromatic N) is 1. The predicted octanol–water partition coefficient (Wildman–Crippen LogP) is 1.06.